The smallest absolute Gasteiger partial charge is 0.323 e. The van der Waals surface area contributed by atoms with Crippen molar-refractivity contribution in [1.82, 2.24) is 14.3 Å². The monoisotopic (exact) mass is 343 g/mol. The maximum Gasteiger partial charge on any atom is 0.323 e. The average Bonchev–Trinajstić information content (AvgIpc) is 3.01. The van der Waals surface area contributed by atoms with E-state index in [1.165, 1.54) is 7.11 Å². The molecule has 0 amide bonds. The molecule has 0 spiro atoms. The highest BCUT2D eigenvalue weighted by atomic mass is 35.5. The van der Waals surface area contributed by atoms with Crippen LogP contribution in [0.3, 0.4) is 0 Å². The number of hydrogen-bond donors (Lipinski definition) is 1. The van der Waals surface area contributed by atoms with Crippen LogP contribution in [-0.4, -0.2) is 51.2 Å². The van der Waals surface area contributed by atoms with Crippen molar-refractivity contribution in [3.63, 3.8) is 0 Å². The molecule has 118 valence electrons. The minimum absolute atomic E-state index is 0.346. The molecule has 1 aliphatic rings. The van der Waals surface area contributed by atoms with Crippen LogP contribution in [0.5, 0.6) is 0 Å². The maximum atomic E-state index is 11.8. The number of halogens is 2. The molecule has 22 heavy (non-hydrogen) atoms. The fraction of sp³-hybridized carbons (Fsp3) is 0.429. The van der Waals surface area contributed by atoms with Crippen molar-refractivity contribution in [1.29, 1.82) is 0 Å². The quantitative estimate of drug-likeness (QED) is 0.860. The van der Waals surface area contributed by atoms with E-state index in [4.69, 9.17) is 27.9 Å². The van der Waals surface area contributed by atoms with Gasteiger partial charge in [0.15, 0.2) is 5.65 Å². The summed E-state index contributed by atoms with van der Waals surface area (Å²) in [5.41, 5.74) is 1.35. The number of aliphatic hydroxyl groups is 1. The number of β-amino-alcohol motifs (C(OH)–C–C–N with tert-alkyl or cyclic N) is 1. The molecule has 8 heteroatoms. The van der Waals surface area contributed by atoms with Gasteiger partial charge in [0.1, 0.15) is 6.04 Å². The van der Waals surface area contributed by atoms with Gasteiger partial charge in [-0.2, -0.15) is 0 Å². The van der Waals surface area contributed by atoms with Crippen LogP contribution in [0.25, 0.3) is 5.65 Å². The fourth-order valence-electron chi connectivity index (χ4n) is 2.79. The van der Waals surface area contributed by atoms with E-state index < -0.39 is 12.1 Å². The van der Waals surface area contributed by atoms with Gasteiger partial charge < -0.3 is 14.2 Å². The normalized spacial score (nSPS) is 22.4. The topological polar surface area (TPSA) is 67.1 Å². The van der Waals surface area contributed by atoms with Crippen molar-refractivity contribution in [2.24, 2.45) is 0 Å². The summed E-state index contributed by atoms with van der Waals surface area (Å²) in [5.74, 6) is -0.346. The average molecular weight is 344 g/mol. The SMILES string of the molecule is COC(=O)[C@@H]1C[C@@H](O)CN1Cc1cn2cc(Cl)cc(Cl)c2n1. The summed E-state index contributed by atoms with van der Waals surface area (Å²) >= 11 is 12.1. The molecule has 1 N–H and O–H groups in total. The van der Waals surface area contributed by atoms with E-state index in [1.807, 2.05) is 11.1 Å². The Hall–Kier alpha value is -1.34. The summed E-state index contributed by atoms with van der Waals surface area (Å²) in [6.45, 7) is 0.828. The summed E-state index contributed by atoms with van der Waals surface area (Å²) in [7, 11) is 1.35. The number of aliphatic hydroxyl groups excluding tert-OH is 1. The number of fused-ring (bicyclic) bond motifs is 1. The fourth-order valence-corrected chi connectivity index (χ4v) is 3.32. The Morgan fingerprint density at radius 1 is 1.50 bits per heavy atom. The third-order valence-electron chi connectivity index (χ3n) is 3.74. The van der Waals surface area contributed by atoms with E-state index >= 15 is 0 Å². The first-order chi connectivity index (χ1) is 10.5. The number of ether oxygens (including phenoxy) is 1. The second-order valence-electron chi connectivity index (χ2n) is 5.33. The number of rotatable bonds is 3. The molecule has 2 aromatic heterocycles. The third-order valence-corrected chi connectivity index (χ3v) is 4.23. The number of carbonyl (C=O) groups is 1. The molecule has 0 unspecified atom stereocenters. The number of imidazole rings is 1. The van der Waals surface area contributed by atoms with Crippen LogP contribution < -0.4 is 0 Å². The first-order valence-electron chi connectivity index (χ1n) is 6.80. The molecule has 6 nitrogen and oxygen atoms in total. The van der Waals surface area contributed by atoms with Crippen LogP contribution in [0.4, 0.5) is 0 Å². The van der Waals surface area contributed by atoms with Gasteiger partial charge in [-0.05, 0) is 6.07 Å². The Morgan fingerprint density at radius 3 is 3.00 bits per heavy atom. The van der Waals surface area contributed by atoms with Gasteiger partial charge in [-0.1, -0.05) is 23.2 Å². The van der Waals surface area contributed by atoms with Crippen LogP contribution >= 0.6 is 23.2 Å². The summed E-state index contributed by atoms with van der Waals surface area (Å²) in [6.07, 6.45) is 3.36. The van der Waals surface area contributed by atoms with E-state index in [0.717, 1.165) is 5.69 Å². The van der Waals surface area contributed by atoms with Crippen molar-refractivity contribution in [3.05, 3.63) is 34.2 Å². The zero-order valence-corrected chi connectivity index (χ0v) is 13.4. The molecule has 0 aromatic carbocycles. The highest BCUT2D eigenvalue weighted by Crippen LogP contribution is 2.24. The van der Waals surface area contributed by atoms with Crippen molar-refractivity contribution in [2.45, 2.75) is 25.1 Å². The molecule has 0 saturated carbocycles. The number of methoxy groups -OCH3 is 1. The number of hydrogen-bond acceptors (Lipinski definition) is 5. The summed E-state index contributed by atoms with van der Waals surface area (Å²) in [4.78, 5) is 18.1. The van der Waals surface area contributed by atoms with E-state index in [0.29, 0.717) is 35.2 Å². The molecule has 0 bridgehead atoms. The van der Waals surface area contributed by atoms with Gasteiger partial charge in [0, 0.05) is 31.9 Å². The summed E-state index contributed by atoms with van der Waals surface area (Å²) in [6, 6.07) is 1.18. The van der Waals surface area contributed by atoms with E-state index in [2.05, 4.69) is 4.98 Å². The van der Waals surface area contributed by atoms with Crippen LogP contribution in [0.1, 0.15) is 12.1 Å². The van der Waals surface area contributed by atoms with E-state index in [-0.39, 0.29) is 5.97 Å². The summed E-state index contributed by atoms with van der Waals surface area (Å²) < 4.78 is 6.54. The van der Waals surface area contributed by atoms with Gasteiger partial charge in [-0.15, -0.1) is 0 Å². The van der Waals surface area contributed by atoms with Crippen molar-refractivity contribution < 1.29 is 14.6 Å². The second kappa shape index (κ2) is 6.04. The number of aromatic nitrogens is 2. The molecule has 1 fully saturated rings. The number of pyridine rings is 1. The van der Waals surface area contributed by atoms with Crippen LogP contribution in [0.15, 0.2) is 18.5 Å². The second-order valence-corrected chi connectivity index (χ2v) is 6.17. The lowest BCUT2D eigenvalue weighted by Crippen LogP contribution is -2.36. The minimum Gasteiger partial charge on any atom is -0.468 e. The lowest BCUT2D eigenvalue weighted by atomic mass is 10.2. The zero-order valence-electron chi connectivity index (χ0n) is 11.9. The molecule has 1 aliphatic heterocycles. The minimum atomic E-state index is -0.542. The molecule has 1 saturated heterocycles. The van der Waals surface area contributed by atoms with Gasteiger partial charge in [-0.25, -0.2) is 4.98 Å². The van der Waals surface area contributed by atoms with Crippen molar-refractivity contribution >= 4 is 34.8 Å². The van der Waals surface area contributed by atoms with Gasteiger partial charge >= 0.3 is 5.97 Å². The third kappa shape index (κ3) is 2.92. The van der Waals surface area contributed by atoms with Crippen LogP contribution in [-0.2, 0) is 16.1 Å². The first kappa shape index (κ1) is 15.6. The molecule has 3 heterocycles. The first-order valence-corrected chi connectivity index (χ1v) is 7.56. The van der Waals surface area contributed by atoms with Crippen LogP contribution in [0, 0.1) is 0 Å². The Kier molecular flexibility index (Phi) is 4.27. The van der Waals surface area contributed by atoms with Crippen molar-refractivity contribution in [3.8, 4) is 0 Å². The standard InChI is InChI=1S/C14H15Cl2N3O3/c1-22-14(21)12-3-10(20)7-18(12)5-9-6-19-4-8(15)2-11(16)13(19)17-9/h2,4,6,10,12,20H,3,5,7H2,1H3/t10-,12+/m1/s1. The van der Waals surface area contributed by atoms with Gasteiger partial charge in [0.05, 0.1) is 29.0 Å². The summed E-state index contributed by atoms with van der Waals surface area (Å²) in [5, 5.41) is 10.8. The predicted molar refractivity (Wildman–Crippen MR) is 82.0 cm³/mol. The van der Waals surface area contributed by atoms with E-state index in [9.17, 15) is 9.90 Å². The lowest BCUT2D eigenvalue weighted by Gasteiger charge is -2.20. The Bertz CT molecular complexity index is 719. The van der Waals surface area contributed by atoms with Gasteiger partial charge in [0.2, 0.25) is 0 Å². The molecular formula is C14H15Cl2N3O3. The number of esters is 1. The van der Waals surface area contributed by atoms with E-state index in [1.54, 1.807) is 16.7 Å². The maximum absolute atomic E-state index is 11.8. The number of carbonyl (C=O) groups excluding carboxylic acids is 1. The zero-order chi connectivity index (χ0) is 15.9. The lowest BCUT2D eigenvalue weighted by molar-refractivity contribution is -0.146. The number of likely N-dealkylation sites (tertiary alicyclic amines) is 1. The van der Waals surface area contributed by atoms with Gasteiger partial charge in [-0.3, -0.25) is 9.69 Å². The Morgan fingerprint density at radius 2 is 2.27 bits per heavy atom. The molecule has 0 aliphatic carbocycles. The molecule has 2 atom stereocenters. The van der Waals surface area contributed by atoms with Gasteiger partial charge in [0.25, 0.3) is 0 Å². The van der Waals surface area contributed by atoms with Crippen molar-refractivity contribution in [2.75, 3.05) is 13.7 Å². The largest absolute Gasteiger partial charge is 0.468 e. The molecule has 0 radical (unpaired) electrons. The molecule has 3 rings (SSSR count). The predicted octanol–water partition coefficient (Wildman–Crippen LogP) is 1.75. The Balaban J connectivity index is 1.86. The number of nitrogens with zero attached hydrogens (tertiary/aromatic N) is 3. The Labute approximate surface area is 137 Å². The van der Waals surface area contributed by atoms with Crippen LogP contribution in [0.2, 0.25) is 10.0 Å². The highest BCUT2D eigenvalue weighted by Gasteiger charge is 2.36. The molecule has 2 aromatic rings. The highest BCUT2D eigenvalue weighted by molar-refractivity contribution is 6.36. The molecular weight excluding hydrogens is 329 g/mol.